The molecule has 1 unspecified atom stereocenters. The third-order valence-electron chi connectivity index (χ3n) is 4.36. The molecule has 2 rings (SSSR count). The number of carboxylic acids is 1. The Bertz CT molecular complexity index is 950. The van der Waals surface area contributed by atoms with Gasteiger partial charge in [0, 0.05) is 18.9 Å². The summed E-state index contributed by atoms with van der Waals surface area (Å²) >= 11 is 12.0. The SMILES string of the molecule is C=C(NCCC)Nc1c(Cl)cccc1Cl.NC(=O)c1cccnc1.NCCCC(N)(C(=O)O)C(F)F. The number of aliphatic carboxylic acids is 1. The van der Waals surface area contributed by atoms with Crippen LogP contribution in [0.4, 0.5) is 14.5 Å². The molecule has 0 aliphatic heterocycles. The molecule has 9 N–H and O–H groups in total. The van der Waals surface area contributed by atoms with Gasteiger partial charge in [0.05, 0.1) is 27.1 Å². The fourth-order valence-corrected chi connectivity index (χ4v) is 2.79. The van der Waals surface area contributed by atoms with Crippen LogP contribution < -0.4 is 27.8 Å². The maximum atomic E-state index is 12.1. The summed E-state index contributed by atoms with van der Waals surface area (Å²) in [7, 11) is 0. The van der Waals surface area contributed by atoms with Gasteiger partial charge in [-0.05, 0) is 50.1 Å². The molecular weight excluding hydrogens is 517 g/mol. The van der Waals surface area contributed by atoms with Gasteiger partial charge in [-0.1, -0.05) is 42.8 Å². The third-order valence-corrected chi connectivity index (χ3v) is 4.99. The summed E-state index contributed by atoms with van der Waals surface area (Å²) in [6.07, 6.45) is 0.858. The number of carbonyl (C=O) groups excluding carboxylic acids is 1. The number of primary amides is 1. The first-order valence-electron chi connectivity index (χ1n) is 10.7. The van der Waals surface area contributed by atoms with E-state index in [9.17, 15) is 18.4 Å². The molecule has 1 aromatic carbocycles. The fraction of sp³-hybridized carbons (Fsp3) is 0.348. The van der Waals surface area contributed by atoms with Crippen LogP contribution in [0.1, 0.15) is 36.5 Å². The summed E-state index contributed by atoms with van der Waals surface area (Å²) in [5, 5.41) is 15.7. The number of pyridine rings is 1. The highest BCUT2D eigenvalue weighted by Gasteiger charge is 2.42. The van der Waals surface area contributed by atoms with Gasteiger partial charge in [0.2, 0.25) is 5.91 Å². The molecule has 0 saturated heterocycles. The van der Waals surface area contributed by atoms with Crippen LogP contribution in [-0.4, -0.2) is 47.0 Å². The largest absolute Gasteiger partial charge is 0.480 e. The zero-order valence-corrected chi connectivity index (χ0v) is 21.3. The van der Waals surface area contributed by atoms with Crippen molar-refractivity contribution in [1.82, 2.24) is 10.3 Å². The van der Waals surface area contributed by atoms with Crippen LogP contribution in [-0.2, 0) is 4.79 Å². The van der Waals surface area contributed by atoms with E-state index in [0.717, 1.165) is 13.0 Å². The van der Waals surface area contributed by atoms with Crippen LogP contribution in [0, 0.1) is 0 Å². The fourth-order valence-electron chi connectivity index (χ4n) is 2.30. The number of benzene rings is 1. The summed E-state index contributed by atoms with van der Waals surface area (Å²) < 4.78 is 24.2. The first kappa shape index (κ1) is 33.0. The van der Waals surface area contributed by atoms with Gasteiger partial charge in [-0.2, -0.15) is 0 Å². The van der Waals surface area contributed by atoms with Crippen LogP contribution in [0.5, 0.6) is 0 Å². The first-order chi connectivity index (χ1) is 16.9. The van der Waals surface area contributed by atoms with E-state index in [1.165, 1.54) is 6.20 Å². The van der Waals surface area contributed by atoms with Crippen LogP contribution in [0.3, 0.4) is 0 Å². The van der Waals surface area contributed by atoms with Gasteiger partial charge in [-0.3, -0.25) is 9.78 Å². The molecule has 200 valence electrons. The second-order valence-corrected chi connectivity index (χ2v) is 8.09. The number of halogens is 4. The van der Waals surface area contributed by atoms with Crippen molar-refractivity contribution >= 4 is 40.8 Å². The summed E-state index contributed by atoms with van der Waals surface area (Å²) in [6.45, 7) is 6.94. The lowest BCUT2D eigenvalue weighted by Gasteiger charge is -2.22. The van der Waals surface area contributed by atoms with Gasteiger partial charge in [-0.15, -0.1) is 0 Å². The molecule has 2 aromatic rings. The maximum Gasteiger partial charge on any atom is 0.329 e. The number of nitrogens with one attached hydrogen (secondary N) is 2. The Balaban J connectivity index is 0.000000527. The molecule has 1 amide bonds. The summed E-state index contributed by atoms with van der Waals surface area (Å²) in [4.78, 5) is 24.4. The average Bonchev–Trinajstić information content (AvgIpc) is 2.84. The lowest BCUT2D eigenvalue weighted by molar-refractivity contribution is -0.150. The van der Waals surface area contributed by atoms with Crippen molar-refractivity contribution in [2.24, 2.45) is 17.2 Å². The molecule has 13 heteroatoms. The number of rotatable bonds is 11. The Hall–Kier alpha value is -2.99. The van der Waals surface area contributed by atoms with Gasteiger partial charge in [-0.25, -0.2) is 13.6 Å². The molecule has 0 aliphatic rings. The van der Waals surface area contributed by atoms with Gasteiger partial charge < -0.3 is 32.9 Å². The lowest BCUT2D eigenvalue weighted by atomic mass is 9.95. The van der Waals surface area contributed by atoms with Crippen molar-refractivity contribution < 1.29 is 23.5 Å². The van der Waals surface area contributed by atoms with Crippen molar-refractivity contribution in [3.8, 4) is 0 Å². The number of hydrogen-bond donors (Lipinski definition) is 6. The minimum atomic E-state index is -3.07. The third kappa shape index (κ3) is 12.1. The zero-order chi connectivity index (χ0) is 27.7. The van der Waals surface area contributed by atoms with Crippen LogP contribution in [0.25, 0.3) is 0 Å². The Morgan fingerprint density at radius 3 is 2.22 bits per heavy atom. The number of carbonyl (C=O) groups is 2. The topological polar surface area (TPSA) is 169 Å². The molecule has 0 aliphatic carbocycles. The van der Waals surface area contributed by atoms with Crippen LogP contribution in [0.2, 0.25) is 10.0 Å². The van der Waals surface area contributed by atoms with Crippen molar-refractivity contribution in [2.75, 3.05) is 18.4 Å². The zero-order valence-electron chi connectivity index (χ0n) is 19.8. The molecule has 36 heavy (non-hydrogen) atoms. The van der Waals surface area contributed by atoms with Crippen molar-refractivity contribution in [2.45, 2.75) is 38.2 Å². The minimum absolute atomic E-state index is 0.152. The quantitative estimate of drug-likeness (QED) is 0.246. The van der Waals surface area contributed by atoms with Crippen LogP contribution >= 0.6 is 23.2 Å². The second kappa shape index (κ2) is 17.4. The van der Waals surface area contributed by atoms with E-state index in [1.54, 1.807) is 36.5 Å². The van der Waals surface area contributed by atoms with E-state index in [-0.39, 0.29) is 19.4 Å². The number of nitrogens with zero attached hydrogens (tertiary/aromatic N) is 1. The normalized spacial score (nSPS) is 11.7. The van der Waals surface area contributed by atoms with Gasteiger partial charge >= 0.3 is 5.97 Å². The molecule has 0 spiro atoms. The van der Waals surface area contributed by atoms with Crippen molar-refractivity contribution in [3.63, 3.8) is 0 Å². The highest BCUT2D eigenvalue weighted by molar-refractivity contribution is 6.39. The molecule has 0 bridgehead atoms. The number of hydrogen-bond acceptors (Lipinski definition) is 7. The predicted octanol–water partition coefficient (Wildman–Crippen LogP) is 3.83. The highest BCUT2D eigenvalue weighted by Crippen LogP contribution is 2.30. The van der Waals surface area contributed by atoms with Gasteiger partial charge in [0.25, 0.3) is 6.43 Å². The highest BCUT2D eigenvalue weighted by atomic mass is 35.5. The molecule has 9 nitrogen and oxygen atoms in total. The summed E-state index contributed by atoms with van der Waals surface area (Å²) in [5.74, 6) is -1.43. The monoisotopic (exact) mass is 548 g/mol. The molecule has 0 radical (unpaired) electrons. The summed E-state index contributed by atoms with van der Waals surface area (Å²) in [6, 6.07) is 8.65. The van der Waals surface area contributed by atoms with E-state index in [1.807, 2.05) is 0 Å². The Kier molecular flexibility index (Phi) is 16.0. The molecule has 0 fully saturated rings. The van der Waals surface area contributed by atoms with E-state index < -0.39 is 23.8 Å². The summed E-state index contributed by atoms with van der Waals surface area (Å²) in [5.41, 5.74) is 13.6. The number of nitrogens with two attached hydrogens (primary N) is 3. The number of alkyl halides is 2. The standard InChI is InChI=1S/C11H14Cl2N2.C6H12F2N2O2.C6H6N2O/c1-3-7-14-8(2)15-11-9(12)5-4-6-10(11)13;7-4(8)6(10,5(11)12)2-1-3-9;7-6(9)5-2-1-3-8-4-5/h4-6,14-15H,2-3,7H2,1H3;4H,1-3,9-10H2,(H,11,12);1-4H,(H2,7,9). The second-order valence-electron chi connectivity index (χ2n) is 7.27. The van der Waals surface area contributed by atoms with E-state index in [0.29, 0.717) is 27.1 Å². The number of carboxylic acid groups (broad SMARTS) is 1. The first-order valence-corrected chi connectivity index (χ1v) is 11.5. The van der Waals surface area contributed by atoms with Gasteiger partial charge in [0.15, 0.2) is 5.54 Å². The van der Waals surface area contributed by atoms with Crippen molar-refractivity contribution in [3.05, 3.63) is 70.7 Å². The molecule has 1 heterocycles. The number of anilines is 1. The average molecular weight is 549 g/mol. The van der Waals surface area contributed by atoms with E-state index in [4.69, 9.17) is 45.5 Å². The predicted molar refractivity (Wildman–Crippen MR) is 139 cm³/mol. The minimum Gasteiger partial charge on any atom is -0.480 e. The van der Waals surface area contributed by atoms with E-state index >= 15 is 0 Å². The molecule has 1 atom stereocenters. The number of aromatic nitrogens is 1. The van der Waals surface area contributed by atoms with Gasteiger partial charge in [0.1, 0.15) is 0 Å². The number of para-hydroxylation sites is 1. The molecule has 1 aromatic heterocycles. The Morgan fingerprint density at radius 2 is 1.83 bits per heavy atom. The lowest BCUT2D eigenvalue weighted by Crippen LogP contribution is -2.54. The molecular formula is C23H32Cl2F2N6O3. The Labute approximate surface area is 219 Å². The number of amides is 1. The van der Waals surface area contributed by atoms with E-state index in [2.05, 4.69) is 29.1 Å². The van der Waals surface area contributed by atoms with Crippen molar-refractivity contribution in [1.29, 1.82) is 0 Å². The maximum absolute atomic E-state index is 12.1. The smallest absolute Gasteiger partial charge is 0.329 e. The Morgan fingerprint density at radius 1 is 1.22 bits per heavy atom. The molecule has 0 saturated carbocycles. The van der Waals surface area contributed by atoms with Crippen LogP contribution in [0.15, 0.2) is 55.1 Å².